The van der Waals surface area contributed by atoms with Gasteiger partial charge >= 0.3 is 5.97 Å². The van der Waals surface area contributed by atoms with Crippen molar-refractivity contribution in [2.75, 3.05) is 13.2 Å². The van der Waals surface area contributed by atoms with Crippen molar-refractivity contribution in [3.8, 4) is 0 Å². The number of hydrogen-bond donors (Lipinski definition) is 3. The van der Waals surface area contributed by atoms with Crippen LogP contribution in [-0.4, -0.2) is 47.4 Å². The first kappa shape index (κ1) is 84.8. The Labute approximate surface area is 544 Å². The summed E-state index contributed by atoms with van der Waals surface area (Å²) in [4.78, 5) is 24.6. The number of nitrogens with one attached hydrogen (secondary N) is 1. The van der Waals surface area contributed by atoms with E-state index >= 15 is 0 Å². The Morgan fingerprint density at radius 1 is 0.322 bits per heavy atom. The minimum Gasteiger partial charge on any atom is -0.466 e. The SMILES string of the molecule is CCCCC/C=C\C/C=C\CCCCCCCC(=O)OCCCCCCCCCCCCCCC/C=C\C/C=C\CCCCCCCCCCCCCCCCCCCC(=O)NC(CO)C(O)CCCCCCCCCCCCCCCCCCCC. The van der Waals surface area contributed by atoms with E-state index in [2.05, 4.69) is 67.8 Å². The van der Waals surface area contributed by atoms with Crippen LogP contribution >= 0.6 is 0 Å². The lowest BCUT2D eigenvalue weighted by Crippen LogP contribution is -2.45. The molecule has 0 spiro atoms. The Kier molecular flexibility index (Phi) is 74.4. The fourth-order valence-corrected chi connectivity index (χ4v) is 12.4. The molecule has 0 aliphatic heterocycles. The maximum atomic E-state index is 12.5. The molecule has 0 aromatic heterocycles. The summed E-state index contributed by atoms with van der Waals surface area (Å²) < 4.78 is 5.49. The predicted octanol–water partition coefficient (Wildman–Crippen LogP) is 26.0. The second-order valence-corrected chi connectivity index (χ2v) is 27.0. The molecule has 0 aliphatic carbocycles. The van der Waals surface area contributed by atoms with Crippen molar-refractivity contribution in [1.29, 1.82) is 0 Å². The van der Waals surface area contributed by atoms with E-state index in [-0.39, 0.29) is 18.5 Å². The number of esters is 1. The lowest BCUT2D eigenvalue weighted by molar-refractivity contribution is -0.143. The number of unbranched alkanes of at least 4 members (excludes halogenated alkanes) is 55. The van der Waals surface area contributed by atoms with Crippen LogP contribution in [0.1, 0.15) is 431 Å². The number of allylic oxidation sites excluding steroid dienone is 8. The topological polar surface area (TPSA) is 95.9 Å². The van der Waals surface area contributed by atoms with Crippen LogP contribution in [0.5, 0.6) is 0 Å². The van der Waals surface area contributed by atoms with Gasteiger partial charge in [0.15, 0.2) is 0 Å². The fraction of sp³-hybridized carbons (Fsp3) is 0.877. The van der Waals surface area contributed by atoms with Gasteiger partial charge in [0.05, 0.1) is 25.4 Å². The molecule has 2 unspecified atom stereocenters. The lowest BCUT2D eigenvalue weighted by atomic mass is 10.0. The molecule has 0 aromatic carbocycles. The van der Waals surface area contributed by atoms with Crippen LogP contribution in [0.25, 0.3) is 0 Å². The van der Waals surface area contributed by atoms with Crippen molar-refractivity contribution in [2.24, 2.45) is 0 Å². The number of amides is 1. The summed E-state index contributed by atoms with van der Waals surface area (Å²) in [5.74, 6) is -0.0233. The molecule has 0 bridgehead atoms. The van der Waals surface area contributed by atoms with Gasteiger partial charge in [-0.1, -0.05) is 377 Å². The van der Waals surface area contributed by atoms with Crippen LogP contribution in [0.3, 0.4) is 0 Å². The van der Waals surface area contributed by atoms with E-state index in [0.29, 0.717) is 25.9 Å². The fourth-order valence-electron chi connectivity index (χ4n) is 12.4. The second kappa shape index (κ2) is 76.3. The molecule has 0 heterocycles. The highest BCUT2D eigenvalue weighted by atomic mass is 16.5. The van der Waals surface area contributed by atoms with E-state index in [9.17, 15) is 19.8 Å². The summed E-state index contributed by atoms with van der Waals surface area (Å²) in [5.41, 5.74) is 0. The molecule has 0 saturated carbocycles. The summed E-state index contributed by atoms with van der Waals surface area (Å²) in [7, 11) is 0. The standard InChI is InChI=1S/C81H153NO5/c1-3-5-7-9-11-13-15-17-19-20-42-46-49-53-57-61-65-69-73-79(84)78(77-83)82-80(85)74-70-66-62-58-54-50-47-43-40-38-36-34-32-30-28-26-24-22-21-23-25-27-29-31-33-35-37-39-41-44-48-52-56-60-64-68-72-76-87-81(86)75-71-67-63-59-55-51-45-18-16-14-12-10-8-6-4-2/h12,14,18,21,23,27,29,45,78-79,83-84H,3-11,13,15-17,19-20,22,24-26,28,30-44,46-77H2,1-2H3,(H,82,85)/b14-12-,23-21-,29-27-,45-18-. The third kappa shape index (κ3) is 72.8. The average Bonchev–Trinajstić information content (AvgIpc) is 3.52. The van der Waals surface area contributed by atoms with Gasteiger partial charge in [-0.3, -0.25) is 9.59 Å². The van der Waals surface area contributed by atoms with Crippen LogP contribution in [0.15, 0.2) is 48.6 Å². The minimum atomic E-state index is -0.663. The largest absolute Gasteiger partial charge is 0.466 e. The Balaban J connectivity index is 3.36. The first-order valence-corrected chi connectivity index (χ1v) is 39.4. The van der Waals surface area contributed by atoms with Gasteiger partial charge in [-0.25, -0.2) is 0 Å². The summed E-state index contributed by atoms with van der Waals surface area (Å²) in [6.07, 6.45) is 101. The molecule has 0 aliphatic rings. The first-order chi connectivity index (χ1) is 43.0. The number of hydrogen-bond acceptors (Lipinski definition) is 5. The van der Waals surface area contributed by atoms with Gasteiger partial charge in [0.2, 0.25) is 5.91 Å². The van der Waals surface area contributed by atoms with Crippen LogP contribution in [-0.2, 0) is 14.3 Å². The quantitative estimate of drug-likeness (QED) is 0.0320. The van der Waals surface area contributed by atoms with Crippen LogP contribution in [0.2, 0.25) is 0 Å². The van der Waals surface area contributed by atoms with Crippen molar-refractivity contribution < 1.29 is 24.5 Å². The predicted molar refractivity (Wildman–Crippen MR) is 384 cm³/mol. The van der Waals surface area contributed by atoms with Gasteiger partial charge in [-0.2, -0.15) is 0 Å². The molecular weight excluding hydrogens is 1070 g/mol. The van der Waals surface area contributed by atoms with Crippen LogP contribution in [0, 0.1) is 0 Å². The molecule has 2 atom stereocenters. The molecule has 6 heteroatoms. The number of aliphatic hydroxyl groups is 2. The highest BCUT2D eigenvalue weighted by Crippen LogP contribution is 2.19. The number of ether oxygens (including phenoxy) is 1. The normalized spacial score (nSPS) is 12.7. The van der Waals surface area contributed by atoms with Crippen LogP contribution in [0.4, 0.5) is 0 Å². The molecule has 0 rings (SSSR count). The number of carbonyl (C=O) groups is 2. The minimum absolute atomic E-state index is 0.00503. The molecule has 6 nitrogen and oxygen atoms in total. The maximum absolute atomic E-state index is 12.5. The monoisotopic (exact) mass is 1220 g/mol. The van der Waals surface area contributed by atoms with Crippen LogP contribution < -0.4 is 5.32 Å². The van der Waals surface area contributed by atoms with E-state index in [4.69, 9.17) is 4.74 Å². The molecular formula is C81H153NO5. The van der Waals surface area contributed by atoms with Gasteiger partial charge < -0.3 is 20.3 Å². The smallest absolute Gasteiger partial charge is 0.305 e. The molecule has 87 heavy (non-hydrogen) atoms. The van der Waals surface area contributed by atoms with Gasteiger partial charge in [-0.05, 0) is 89.9 Å². The number of carbonyl (C=O) groups excluding carboxylic acids is 2. The molecule has 0 radical (unpaired) electrons. The van der Waals surface area contributed by atoms with E-state index in [1.165, 1.54) is 340 Å². The Morgan fingerprint density at radius 2 is 0.575 bits per heavy atom. The van der Waals surface area contributed by atoms with Gasteiger partial charge in [0.1, 0.15) is 0 Å². The lowest BCUT2D eigenvalue weighted by Gasteiger charge is -2.22. The number of rotatable bonds is 74. The van der Waals surface area contributed by atoms with Crippen molar-refractivity contribution in [2.45, 2.75) is 443 Å². The maximum Gasteiger partial charge on any atom is 0.305 e. The average molecular weight is 1220 g/mol. The highest BCUT2D eigenvalue weighted by molar-refractivity contribution is 5.76. The zero-order valence-electron chi connectivity index (χ0n) is 58.8. The van der Waals surface area contributed by atoms with E-state index in [0.717, 1.165) is 57.8 Å². The number of aliphatic hydroxyl groups excluding tert-OH is 2. The first-order valence-electron chi connectivity index (χ1n) is 39.4. The van der Waals surface area contributed by atoms with Gasteiger partial charge in [-0.15, -0.1) is 0 Å². The molecule has 3 N–H and O–H groups in total. The Morgan fingerprint density at radius 3 is 0.897 bits per heavy atom. The molecule has 0 saturated heterocycles. The Hall–Kier alpha value is -2.18. The molecule has 0 aromatic rings. The molecule has 1 amide bonds. The van der Waals surface area contributed by atoms with Crippen molar-refractivity contribution in [3.63, 3.8) is 0 Å². The van der Waals surface area contributed by atoms with Crippen molar-refractivity contribution >= 4 is 11.9 Å². The van der Waals surface area contributed by atoms with E-state index in [1.54, 1.807) is 0 Å². The third-order valence-electron chi connectivity index (χ3n) is 18.4. The van der Waals surface area contributed by atoms with Gasteiger partial charge in [0, 0.05) is 12.8 Å². The highest BCUT2D eigenvalue weighted by Gasteiger charge is 2.20. The van der Waals surface area contributed by atoms with Crippen molar-refractivity contribution in [1.82, 2.24) is 5.32 Å². The summed E-state index contributed by atoms with van der Waals surface area (Å²) in [6.45, 7) is 4.96. The summed E-state index contributed by atoms with van der Waals surface area (Å²) in [5, 5.41) is 23.4. The van der Waals surface area contributed by atoms with Crippen molar-refractivity contribution in [3.05, 3.63) is 48.6 Å². The third-order valence-corrected chi connectivity index (χ3v) is 18.4. The molecule has 0 fully saturated rings. The Bertz CT molecular complexity index is 1450. The summed E-state index contributed by atoms with van der Waals surface area (Å²) in [6, 6.07) is -0.540. The molecule has 512 valence electrons. The zero-order valence-corrected chi connectivity index (χ0v) is 58.8. The second-order valence-electron chi connectivity index (χ2n) is 27.0. The van der Waals surface area contributed by atoms with E-state index < -0.39 is 12.1 Å². The van der Waals surface area contributed by atoms with Gasteiger partial charge in [0.25, 0.3) is 0 Å². The van der Waals surface area contributed by atoms with E-state index in [1.807, 2.05) is 0 Å². The zero-order chi connectivity index (χ0) is 62.8. The summed E-state index contributed by atoms with van der Waals surface area (Å²) >= 11 is 0.